The monoisotopic (exact) mass is 299 g/mol. The Kier molecular flexibility index (Phi) is 4.07. The number of hydrogen-bond acceptors (Lipinski definition) is 4. The molecule has 0 saturated carbocycles. The van der Waals surface area contributed by atoms with Crippen molar-refractivity contribution in [1.29, 1.82) is 0 Å². The van der Waals surface area contributed by atoms with Crippen molar-refractivity contribution in [3.8, 4) is 0 Å². The fourth-order valence-corrected chi connectivity index (χ4v) is 1.68. The van der Waals surface area contributed by atoms with E-state index in [0.29, 0.717) is 16.6 Å². The number of rotatable bonds is 3. The number of carbonyl (C=O) groups excluding carboxylic acids is 1. The molecule has 0 aliphatic rings. The van der Waals surface area contributed by atoms with Crippen LogP contribution in [0.4, 0.5) is 5.69 Å². The molecular formula is C12H11Cl2N3O2. The van der Waals surface area contributed by atoms with Gasteiger partial charge >= 0.3 is 11.8 Å². The summed E-state index contributed by atoms with van der Waals surface area (Å²) >= 11 is 11.8. The van der Waals surface area contributed by atoms with E-state index in [0.717, 1.165) is 0 Å². The van der Waals surface area contributed by atoms with E-state index in [4.69, 9.17) is 27.6 Å². The van der Waals surface area contributed by atoms with Crippen molar-refractivity contribution in [2.45, 2.75) is 19.8 Å². The number of anilines is 1. The second-order valence-electron chi connectivity index (χ2n) is 4.16. The van der Waals surface area contributed by atoms with E-state index in [2.05, 4.69) is 15.5 Å². The average Bonchev–Trinajstić information content (AvgIpc) is 2.84. The van der Waals surface area contributed by atoms with Crippen LogP contribution in [-0.4, -0.2) is 16.1 Å². The van der Waals surface area contributed by atoms with Gasteiger partial charge in [0.2, 0.25) is 5.89 Å². The van der Waals surface area contributed by atoms with Gasteiger partial charge in [-0.05, 0) is 12.1 Å². The van der Waals surface area contributed by atoms with Gasteiger partial charge in [-0.15, -0.1) is 10.2 Å². The Bertz CT molecular complexity index is 611. The van der Waals surface area contributed by atoms with E-state index in [-0.39, 0.29) is 16.8 Å². The number of nitrogens with one attached hydrogen (secondary N) is 1. The predicted molar refractivity (Wildman–Crippen MR) is 72.8 cm³/mol. The molecule has 0 unspecified atom stereocenters. The predicted octanol–water partition coefficient (Wildman–Crippen LogP) is 3.75. The number of benzene rings is 1. The molecule has 1 aromatic heterocycles. The Morgan fingerprint density at radius 2 is 2.05 bits per heavy atom. The molecule has 0 fully saturated rings. The van der Waals surface area contributed by atoms with Crippen LogP contribution in [0, 0.1) is 0 Å². The van der Waals surface area contributed by atoms with Gasteiger partial charge in [0, 0.05) is 5.92 Å². The standard InChI is InChI=1S/C12H11Cl2N3O2/c1-6(2)11-16-17-12(19-11)10(18)15-8-5-3-4-7(13)9(8)14/h3-6H,1-2H3,(H,15,18). The van der Waals surface area contributed by atoms with E-state index in [1.165, 1.54) is 0 Å². The third kappa shape index (κ3) is 3.05. The van der Waals surface area contributed by atoms with E-state index >= 15 is 0 Å². The minimum atomic E-state index is -0.524. The van der Waals surface area contributed by atoms with Gasteiger partial charge in [0.25, 0.3) is 0 Å². The molecule has 2 aromatic rings. The highest BCUT2D eigenvalue weighted by Crippen LogP contribution is 2.29. The molecule has 0 spiro atoms. The molecule has 0 bridgehead atoms. The van der Waals surface area contributed by atoms with Crippen LogP contribution in [-0.2, 0) is 0 Å². The number of nitrogens with zero attached hydrogens (tertiary/aromatic N) is 2. The first-order chi connectivity index (χ1) is 8.99. The molecule has 19 heavy (non-hydrogen) atoms. The highest BCUT2D eigenvalue weighted by Gasteiger charge is 2.18. The Hall–Kier alpha value is -1.59. The molecule has 0 radical (unpaired) electrons. The Labute approximate surface area is 119 Å². The maximum atomic E-state index is 11.9. The summed E-state index contributed by atoms with van der Waals surface area (Å²) in [6.07, 6.45) is 0. The molecule has 1 N–H and O–H groups in total. The van der Waals surface area contributed by atoms with Crippen molar-refractivity contribution in [3.05, 3.63) is 40.0 Å². The first kappa shape index (κ1) is 13.8. The molecule has 0 atom stereocenters. The largest absolute Gasteiger partial charge is 0.417 e. The van der Waals surface area contributed by atoms with E-state index in [9.17, 15) is 4.79 Å². The zero-order chi connectivity index (χ0) is 14.0. The fraction of sp³-hybridized carbons (Fsp3) is 0.250. The molecule has 0 aliphatic carbocycles. The second kappa shape index (κ2) is 5.59. The second-order valence-corrected chi connectivity index (χ2v) is 4.94. The minimum absolute atomic E-state index is 0.0591. The van der Waals surface area contributed by atoms with Crippen molar-refractivity contribution in [3.63, 3.8) is 0 Å². The summed E-state index contributed by atoms with van der Waals surface area (Å²) in [5.74, 6) is -0.172. The summed E-state index contributed by atoms with van der Waals surface area (Å²) < 4.78 is 5.24. The third-order valence-corrected chi connectivity index (χ3v) is 3.15. The van der Waals surface area contributed by atoms with Crippen LogP contribution in [0.2, 0.25) is 10.0 Å². The maximum absolute atomic E-state index is 11.9. The lowest BCUT2D eigenvalue weighted by atomic mass is 10.2. The molecule has 1 amide bonds. The van der Waals surface area contributed by atoms with Gasteiger partial charge in [-0.3, -0.25) is 4.79 Å². The van der Waals surface area contributed by atoms with Gasteiger partial charge in [-0.1, -0.05) is 43.1 Å². The zero-order valence-electron chi connectivity index (χ0n) is 10.3. The molecule has 5 nitrogen and oxygen atoms in total. The summed E-state index contributed by atoms with van der Waals surface area (Å²) in [4.78, 5) is 11.9. The highest BCUT2D eigenvalue weighted by molar-refractivity contribution is 6.44. The molecule has 2 rings (SSSR count). The first-order valence-corrected chi connectivity index (χ1v) is 6.33. The van der Waals surface area contributed by atoms with Crippen molar-refractivity contribution in [2.75, 3.05) is 5.32 Å². The molecular weight excluding hydrogens is 289 g/mol. The van der Waals surface area contributed by atoms with Crippen molar-refractivity contribution < 1.29 is 9.21 Å². The molecule has 100 valence electrons. The number of halogens is 2. The van der Waals surface area contributed by atoms with Crippen LogP contribution in [0.5, 0.6) is 0 Å². The number of hydrogen-bond donors (Lipinski definition) is 1. The van der Waals surface area contributed by atoms with Gasteiger partial charge in [0.1, 0.15) is 0 Å². The summed E-state index contributed by atoms with van der Waals surface area (Å²) in [5, 5.41) is 10.7. The first-order valence-electron chi connectivity index (χ1n) is 5.57. The van der Waals surface area contributed by atoms with E-state index in [1.54, 1.807) is 18.2 Å². The van der Waals surface area contributed by atoms with Crippen molar-refractivity contribution in [1.82, 2.24) is 10.2 Å². The van der Waals surface area contributed by atoms with Gasteiger partial charge in [0.15, 0.2) is 0 Å². The lowest BCUT2D eigenvalue weighted by Gasteiger charge is -2.05. The molecule has 1 heterocycles. The Morgan fingerprint density at radius 1 is 1.32 bits per heavy atom. The summed E-state index contributed by atoms with van der Waals surface area (Å²) in [6, 6.07) is 4.94. The van der Waals surface area contributed by atoms with E-state index in [1.807, 2.05) is 13.8 Å². The Morgan fingerprint density at radius 3 is 2.68 bits per heavy atom. The van der Waals surface area contributed by atoms with Crippen LogP contribution >= 0.6 is 23.2 Å². The van der Waals surface area contributed by atoms with Gasteiger partial charge in [-0.25, -0.2) is 0 Å². The van der Waals surface area contributed by atoms with Gasteiger partial charge < -0.3 is 9.73 Å². The molecule has 0 aliphatic heterocycles. The lowest BCUT2D eigenvalue weighted by molar-refractivity contribution is 0.0988. The van der Waals surface area contributed by atoms with Crippen LogP contribution in [0.25, 0.3) is 0 Å². The van der Waals surface area contributed by atoms with Crippen LogP contribution in [0.3, 0.4) is 0 Å². The summed E-state index contributed by atoms with van der Waals surface area (Å²) in [5.41, 5.74) is 0.392. The quantitative estimate of drug-likeness (QED) is 0.937. The topological polar surface area (TPSA) is 68.0 Å². The molecule has 7 heteroatoms. The van der Waals surface area contributed by atoms with Crippen LogP contribution in [0.15, 0.2) is 22.6 Å². The maximum Gasteiger partial charge on any atom is 0.313 e. The minimum Gasteiger partial charge on any atom is -0.417 e. The van der Waals surface area contributed by atoms with E-state index < -0.39 is 5.91 Å². The smallest absolute Gasteiger partial charge is 0.313 e. The average molecular weight is 300 g/mol. The van der Waals surface area contributed by atoms with Crippen molar-refractivity contribution in [2.24, 2.45) is 0 Å². The summed E-state index contributed by atoms with van der Waals surface area (Å²) in [6.45, 7) is 3.78. The molecule has 0 saturated heterocycles. The summed E-state index contributed by atoms with van der Waals surface area (Å²) in [7, 11) is 0. The Balaban J connectivity index is 2.18. The fourth-order valence-electron chi connectivity index (χ4n) is 1.34. The lowest BCUT2D eigenvalue weighted by Crippen LogP contribution is -2.12. The number of aromatic nitrogens is 2. The zero-order valence-corrected chi connectivity index (χ0v) is 11.8. The highest BCUT2D eigenvalue weighted by atomic mass is 35.5. The normalized spacial score (nSPS) is 10.8. The van der Waals surface area contributed by atoms with Crippen molar-refractivity contribution >= 4 is 34.8 Å². The number of amides is 1. The van der Waals surface area contributed by atoms with Gasteiger partial charge in [-0.2, -0.15) is 0 Å². The van der Waals surface area contributed by atoms with Crippen LogP contribution in [0.1, 0.15) is 36.3 Å². The SMILES string of the molecule is CC(C)c1nnc(C(=O)Nc2cccc(Cl)c2Cl)o1. The molecule has 1 aromatic carbocycles. The van der Waals surface area contributed by atoms with Gasteiger partial charge in [0.05, 0.1) is 15.7 Å². The number of carbonyl (C=O) groups is 1. The van der Waals surface area contributed by atoms with Crippen LogP contribution < -0.4 is 5.32 Å². The third-order valence-electron chi connectivity index (χ3n) is 2.33.